The molecule has 1 saturated heterocycles. The van der Waals surface area contributed by atoms with E-state index in [0.29, 0.717) is 30.0 Å². The zero-order chi connectivity index (χ0) is 25.4. The zero-order valence-corrected chi connectivity index (χ0v) is 20.6. The molecule has 5 rings (SSSR count). The monoisotopic (exact) mass is 487 g/mol. The van der Waals surface area contributed by atoms with Crippen molar-refractivity contribution in [1.82, 2.24) is 29.9 Å². The van der Waals surface area contributed by atoms with Crippen LogP contribution in [0.1, 0.15) is 50.0 Å². The summed E-state index contributed by atoms with van der Waals surface area (Å²) in [6.45, 7) is 6.86. The molecule has 1 fully saturated rings. The first kappa shape index (κ1) is 23.5. The molecule has 2 aromatic carbocycles. The highest BCUT2D eigenvalue weighted by Crippen LogP contribution is 2.28. The Labute approximate surface area is 208 Å². The summed E-state index contributed by atoms with van der Waals surface area (Å²) in [6.07, 6.45) is 3.26. The molecule has 3 heterocycles. The van der Waals surface area contributed by atoms with E-state index in [9.17, 15) is 9.59 Å². The lowest BCUT2D eigenvalue weighted by molar-refractivity contribution is 0.0184. The summed E-state index contributed by atoms with van der Waals surface area (Å²) >= 11 is 0. The number of fused-ring (bicyclic) bond motifs is 1. The fourth-order valence-corrected chi connectivity index (χ4v) is 4.39. The van der Waals surface area contributed by atoms with Gasteiger partial charge >= 0.3 is 6.09 Å². The number of likely N-dealkylation sites (tertiary alicyclic amines) is 1. The number of imidazole rings is 1. The lowest BCUT2D eigenvalue weighted by Crippen LogP contribution is -2.42. The molecule has 3 N–H and O–H groups in total. The summed E-state index contributed by atoms with van der Waals surface area (Å²) in [5.74, 6) is 0.151. The minimum Gasteiger partial charge on any atom is -0.444 e. The third-order valence-corrected chi connectivity index (χ3v) is 6.23. The van der Waals surface area contributed by atoms with Crippen LogP contribution in [0, 0.1) is 0 Å². The van der Waals surface area contributed by atoms with E-state index in [2.05, 4.69) is 20.3 Å². The summed E-state index contributed by atoms with van der Waals surface area (Å²) < 4.78 is 7.37. The van der Waals surface area contributed by atoms with Gasteiger partial charge in [0.1, 0.15) is 22.6 Å². The number of primary amides is 1. The maximum atomic E-state index is 12.3. The van der Waals surface area contributed by atoms with Gasteiger partial charge in [-0.25, -0.2) is 14.5 Å². The van der Waals surface area contributed by atoms with Gasteiger partial charge in [0.2, 0.25) is 0 Å². The number of hydrogen-bond donors (Lipinski definition) is 2. The Bertz CT molecular complexity index is 1410. The van der Waals surface area contributed by atoms with Crippen LogP contribution < -0.4 is 5.73 Å². The highest BCUT2D eigenvalue weighted by Gasteiger charge is 2.28. The van der Waals surface area contributed by atoms with Crippen molar-refractivity contribution < 1.29 is 14.3 Å². The molecule has 1 aliphatic heterocycles. The second-order valence-corrected chi connectivity index (χ2v) is 10.0. The summed E-state index contributed by atoms with van der Waals surface area (Å²) in [4.78, 5) is 33.6. The first-order valence-electron chi connectivity index (χ1n) is 12.0. The van der Waals surface area contributed by atoms with Crippen LogP contribution >= 0.6 is 0 Å². The van der Waals surface area contributed by atoms with Crippen LogP contribution in [0.4, 0.5) is 4.79 Å². The van der Waals surface area contributed by atoms with Gasteiger partial charge in [0.05, 0.1) is 23.3 Å². The number of piperidine rings is 1. The molecule has 36 heavy (non-hydrogen) atoms. The van der Waals surface area contributed by atoms with Gasteiger partial charge in [-0.3, -0.25) is 4.79 Å². The topological polar surface area (TPSA) is 132 Å². The lowest BCUT2D eigenvalue weighted by Gasteiger charge is -2.33. The number of aromatic nitrogens is 5. The number of nitrogens with one attached hydrogen (secondary N) is 1. The van der Waals surface area contributed by atoms with E-state index in [0.717, 1.165) is 35.2 Å². The second kappa shape index (κ2) is 9.10. The van der Waals surface area contributed by atoms with Gasteiger partial charge in [-0.1, -0.05) is 35.5 Å². The number of rotatable bonds is 4. The Balaban J connectivity index is 1.27. The van der Waals surface area contributed by atoms with Crippen molar-refractivity contribution in [2.24, 2.45) is 5.73 Å². The van der Waals surface area contributed by atoms with Crippen molar-refractivity contribution in [2.75, 3.05) is 13.1 Å². The van der Waals surface area contributed by atoms with Gasteiger partial charge in [0, 0.05) is 24.2 Å². The van der Waals surface area contributed by atoms with E-state index >= 15 is 0 Å². The quantitative estimate of drug-likeness (QED) is 0.444. The highest BCUT2D eigenvalue weighted by molar-refractivity contribution is 6.04. The van der Waals surface area contributed by atoms with Crippen molar-refractivity contribution in [3.63, 3.8) is 0 Å². The number of carbonyl (C=O) groups is 2. The molecule has 0 spiro atoms. The van der Waals surface area contributed by atoms with Crippen LogP contribution in [0.3, 0.4) is 0 Å². The number of benzene rings is 2. The minimum absolute atomic E-state index is 0.180. The van der Waals surface area contributed by atoms with Crippen molar-refractivity contribution >= 4 is 23.0 Å². The van der Waals surface area contributed by atoms with Crippen LogP contribution in [0.5, 0.6) is 0 Å². The molecule has 1 aliphatic rings. The number of hydrogen-bond acceptors (Lipinski definition) is 6. The molecule has 2 amide bonds. The SMILES string of the molecule is CC(C)(C)OC(=O)N1CCC(n2cc(-c3ccc(-c4nc5c(C(N)=O)cccc5[nH]4)cc3)nn2)CC1. The molecular formula is C26H29N7O3. The molecule has 0 radical (unpaired) electrons. The molecule has 10 nitrogen and oxygen atoms in total. The first-order chi connectivity index (χ1) is 17.2. The minimum atomic E-state index is -0.507. The van der Waals surface area contributed by atoms with E-state index in [1.807, 2.05) is 62.0 Å². The normalized spacial score (nSPS) is 14.8. The van der Waals surface area contributed by atoms with E-state index in [-0.39, 0.29) is 12.1 Å². The smallest absolute Gasteiger partial charge is 0.410 e. The predicted molar refractivity (Wildman–Crippen MR) is 135 cm³/mol. The number of amides is 2. The molecule has 186 valence electrons. The standard InChI is InChI=1S/C26H29N7O3/c1-26(2,3)36-25(35)32-13-11-18(12-14-32)33-15-21(30-31-33)16-7-9-17(10-8-16)24-28-20-6-4-5-19(23(27)34)22(20)29-24/h4-10,15,18H,11-14H2,1-3H3,(H2,27,34)(H,28,29). The molecule has 10 heteroatoms. The van der Waals surface area contributed by atoms with Crippen LogP contribution in [-0.2, 0) is 4.74 Å². The Morgan fingerprint density at radius 2 is 1.75 bits per heavy atom. The van der Waals surface area contributed by atoms with Crippen molar-refractivity contribution in [3.8, 4) is 22.6 Å². The Kier molecular flexibility index (Phi) is 5.95. The lowest BCUT2D eigenvalue weighted by atomic mass is 10.1. The van der Waals surface area contributed by atoms with E-state index in [1.54, 1.807) is 17.0 Å². The highest BCUT2D eigenvalue weighted by atomic mass is 16.6. The largest absolute Gasteiger partial charge is 0.444 e. The molecule has 0 unspecified atom stereocenters. The van der Waals surface area contributed by atoms with E-state index in [4.69, 9.17) is 10.5 Å². The number of aromatic amines is 1. The predicted octanol–water partition coefficient (Wildman–Crippen LogP) is 4.16. The summed E-state index contributed by atoms with van der Waals surface area (Å²) in [5.41, 5.74) is 9.28. The fourth-order valence-electron chi connectivity index (χ4n) is 4.39. The van der Waals surface area contributed by atoms with Gasteiger partial charge < -0.3 is 20.4 Å². The third-order valence-electron chi connectivity index (χ3n) is 6.23. The summed E-state index contributed by atoms with van der Waals surface area (Å²) in [6, 6.07) is 13.3. The Morgan fingerprint density at radius 1 is 1.06 bits per heavy atom. The number of nitrogens with zero attached hydrogens (tertiary/aromatic N) is 5. The average Bonchev–Trinajstić information content (AvgIpc) is 3.51. The van der Waals surface area contributed by atoms with Crippen LogP contribution in [0.15, 0.2) is 48.7 Å². The number of nitrogens with two attached hydrogens (primary N) is 1. The number of H-pyrrole nitrogens is 1. The second-order valence-electron chi connectivity index (χ2n) is 10.0. The Hall–Kier alpha value is -4.21. The maximum Gasteiger partial charge on any atom is 0.410 e. The molecule has 0 atom stereocenters. The van der Waals surface area contributed by atoms with Gasteiger partial charge in [0.25, 0.3) is 5.91 Å². The van der Waals surface area contributed by atoms with Gasteiger partial charge in [-0.05, 0) is 45.7 Å². The van der Waals surface area contributed by atoms with Crippen molar-refractivity contribution in [2.45, 2.75) is 45.3 Å². The average molecular weight is 488 g/mol. The molecule has 0 bridgehead atoms. The zero-order valence-electron chi connectivity index (χ0n) is 20.6. The van der Waals surface area contributed by atoms with E-state index in [1.165, 1.54) is 0 Å². The fraction of sp³-hybridized carbons (Fsp3) is 0.346. The van der Waals surface area contributed by atoms with Crippen LogP contribution in [0.25, 0.3) is 33.7 Å². The Morgan fingerprint density at radius 3 is 2.42 bits per heavy atom. The van der Waals surface area contributed by atoms with Gasteiger partial charge in [-0.15, -0.1) is 5.10 Å². The van der Waals surface area contributed by atoms with Gasteiger partial charge in [0.15, 0.2) is 0 Å². The molecule has 2 aromatic heterocycles. The third kappa shape index (κ3) is 4.79. The number of para-hydroxylation sites is 1. The van der Waals surface area contributed by atoms with Crippen molar-refractivity contribution in [3.05, 3.63) is 54.2 Å². The van der Waals surface area contributed by atoms with E-state index < -0.39 is 11.5 Å². The summed E-state index contributed by atoms with van der Waals surface area (Å²) in [5, 5.41) is 8.72. The maximum absolute atomic E-state index is 12.3. The van der Waals surface area contributed by atoms with Crippen molar-refractivity contribution in [1.29, 1.82) is 0 Å². The molecule has 4 aromatic rings. The van der Waals surface area contributed by atoms with Crippen LogP contribution in [-0.4, -0.2) is 60.6 Å². The molecule has 0 aliphatic carbocycles. The molecule has 0 saturated carbocycles. The summed E-state index contributed by atoms with van der Waals surface area (Å²) in [7, 11) is 0. The number of ether oxygens (including phenoxy) is 1. The van der Waals surface area contributed by atoms with Gasteiger partial charge in [-0.2, -0.15) is 0 Å². The molecular weight excluding hydrogens is 458 g/mol. The number of carbonyl (C=O) groups excluding carboxylic acids is 2. The first-order valence-corrected chi connectivity index (χ1v) is 12.0. The van der Waals surface area contributed by atoms with Crippen LogP contribution in [0.2, 0.25) is 0 Å².